The molecule has 4 nitrogen and oxygen atoms in total. The van der Waals surface area contributed by atoms with Gasteiger partial charge in [-0.15, -0.1) is 0 Å². The molecule has 15 heavy (non-hydrogen) atoms. The highest BCUT2D eigenvalue weighted by Crippen LogP contribution is 2.11. The Morgan fingerprint density at radius 2 is 2.33 bits per heavy atom. The predicted octanol–water partition coefficient (Wildman–Crippen LogP) is 1.39. The number of pyridine rings is 1. The van der Waals surface area contributed by atoms with Crippen LogP contribution in [0.2, 0.25) is 0 Å². The molecule has 80 valence electrons. The maximum absolute atomic E-state index is 12.8. The summed E-state index contributed by atoms with van der Waals surface area (Å²) in [4.78, 5) is 20.5. The van der Waals surface area contributed by atoms with Crippen LogP contribution in [0.5, 0.6) is 0 Å². The number of nitrogens with zero attached hydrogens (tertiary/aromatic N) is 2. The first-order valence-electron chi connectivity index (χ1n) is 4.83. The lowest BCUT2D eigenvalue weighted by Gasteiger charge is -2.25. The molecule has 5 heteroatoms. The molecule has 1 aromatic heterocycles. The molecule has 1 aliphatic rings. The van der Waals surface area contributed by atoms with Gasteiger partial charge in [-0.2, -0.15) is 0 Å². The van der Waals surface area contributed by atoms with Gasteiger partial charge in [0.15, 0.2) is 0 Å². The molecule has 0 atom stereocenters. The minimum absolute atomic E-state index is 0.219. The molecule has 1 aliphatic heterocycles. The van der Waals surface area contributed by atoms with Gasteiger partial charge in [-0.05, 0) is 18.9 Å². The lowest BCUT2D eigenvalue weighted by atomic mass is 10.2. The molecule has 0 bridgehead atoms. The fourth-order valence-corrected chi connectivity index (χ4v) is 1.43. The Kier molecular flexibility index (Phi) is 2.91. The highest BCUT2D eigenvalue weighted by molar-refractivity contribution is 5.93. The molecule has 0 unspecified atom stereocenters. The van der Waals surface area contributed by atoms with Crippen molar-refractivity contribution in [2.24, 2.45) is 0 Å². The lowest BCUT2D eigenvalue weighted by Crippen LogP contribution is -2.35. The van der Waals surface area contributed by atoms with E-state index in [-0.39, 0.29) is 11.5 Å². The largest absolute Gasteiger partial charge is 0.279 e. The van der Waals surface area contributed by atoms with E-state index < -0.39 is 5.82 Å². The molecule has 0 aliphatic carbocycles. The zero-order valence-corrected chi connectivity index (χ0v) is 8.15. The van der Waals surface area contributed by atoms with Crippen LogP contribution < -0.4 is 0 Å². The van der Waals surface area contributed by atoms with Gasteiger partial charge in [-0.25, -0.2) is 9.45 Å². The molecule has 2 rings (SSSR count). The SMILES string of the molecule is O=C(c1cncc(F)c1)N1CCCCO1. The second-order valence-electron chi connectivity index (χ2n) is 3.34. The smallest absolute Gasteiger partial charge is 0.271 e. The van der Waals surface area contributed by atoms with E-state index in [1.54, 1.807) is 0 Å². The summed E-state index contributed by atoms with van der Waals surface area (Å²) in [6.45, 7) is 1.09. The number of hydrogen-bond donors (Lipinski definition) is 0. The van der Waals surface area contributed by atoms with Crippen LogP contribution in [-0.4, -0.2) is 29.1 Å². The van der Waals surface area contributed by atoms with Crippen molar-refractivity contribution < 1.29 is 14.0 Å². The molecule has 0 saturated carbocycles. The van der Waals surface area contributed by atoms with Gasteiger partial charge in [0.25, 0.3) is 5.91 Å². The first-order valence-corrected chi connectivity index (χ1v) is 4.83. The first-order chi connectivity index (χ1) is 7.27. The Balaban J connectivity index is 2.12. The van der Waals surface area contributed by atoms with Gasteiger partial charge in [0.2, 0.25) is 0 Å². The van der Waals surface area contributed by atoms with Gasteiger partial charge < -0.3 is 0 Å². The van der Waals surface area contributed by atoms with Crippen molar-refractivity contribution in [2.75, 3.05) is 13.2 Å². The quantitative estimate of drug-likeness (QED) is 0.703. The van der Waals surface area contributed by atoms with E-state index in [2.05, 4.69) is 4.98 Å². The van der Waals surface area contributed by atoms with E-state index >= 15 is 0 Å². The van der Waals surface area contributed by atoms with Crippen LogP contribution in [0.15, 0.2) is 18.5 Å². The summed E-state index contributed by atoms with van der Waals surface area (Å²) < 4.78 is 12.8. The average Bonchev–Trinajstić information content (AvgIpc) is 2.29. The Labute approximate surface area is 86.6 Å². The Bertz CT molecular complexity index is 364. The number of carbonyl (C=O) groups is 1. The maximum Gasteiger partial charge on any atom is 0.279 e. The third kappa shape index (κ3) is 2.30. The van der Waals surface area contributed by atoms with E-state index in [4.69, 9.17) is 4.84 Å². The van der Waals surface area contributed by atoms with Crippen LogP contribution in [0.1, 0.15) is 23.2 Å². The summed E-state index contributed by atoms with van der Waals surface area (Å²) in [5.74, 6) is -0.848. The number of aromatic nitrogens is 1. The molecule has 0 aromatic carbocycles. The van der Waals surface area contributed by atoms with Gasteiger partial charge in [0.05, 0.1) is 18.4 Å². The Morgan fingerprint density at radius 1 is 1.47 bits per heavy atom. The first kappa shape index (κ1) is 10.0. The van der Waals surface area contributed by atoms with Crippen molar-refractivity contribution in [3.8, 4) is 0 Å². The van der Waals surface area contributed by atoms with Crippen molar-refractivity contribution in [2.45, 2.75) is 12.8 Å². The van der Waals surface area contributed by atoms with Crippen molar-refractivity contribution in [1.82, 2.24) is 10.0 Å². The Morgan fingerprint density at radius 3 is 3.00 bits per heavy atom. The number of halogens is 1. The number of rotatable bonds is 1. The van der Waals surface area contributed by atoms with Crippen LogP contribution in [-0.2, 0) is 4.84 Å². The standard InChI is InChI=1S/C10H11FN2O2/c11-9-5-8(6-12-7-9)10(14)13-3-1-2-4-15-13/h5-7H,1-4H2. The maximum atomic E-state index is 12.8. The van der Waals surface area contributed by atoms with Gasteiger partial charge in [-0.1, -0.05) is 0 Å². The highest BCUT2D eigenvalue weighted by Gasteiger charge is 2.19. The van der Waals surface area contributed by atoms with Crippen LogP contribution in [0.25, 0.3) is 0 Å². The van der Waals surface area contributed by atoms with E-state index in [1.165, 1.54) is 11.3 Å². The number of hydroxylamine groups is 2. The number of hydrogen-bond acceptors (Lipinski definition) is 3. The monoisotopic (exact) mass is 210 g/mol. The van der Waals surface area contributed by atoms with Crippen LogP contribution >= 0.6 is 0 Å². The van der Waals surface area contributed by atoms with E-state index in [0.717, 1.165) is 25.1 Å². The molecule has 0 N–H and O–H groups in total. The lowest BCUT2D eigenvalue weighted by molar-refractivity contribution is -0.144. The fraction of sp³-hybridized carbons (Fsp3) is 0.400. The van der Waals surface area contributed by atoms with Crippen molar-refractivity contribution >= 4 is 5.91 Å². The molecule has 1 aromatic rings. The van der Waals surface area contributed by atoms with Crippen LogP contribution in [0, 0.1) is 5.82 Å². The molecule has 1 fully saturated rings. The highest BCUT2D eigenvalue weighted by atomic mass is 19.1. The van der Waals surface area contributed by atoms with Gasteiger partial charge in [0, 0.05) is 12.7 Å². The van der Waals surface area contributed by atoms with E-state index in [0.29, 0.717) is 13.2 Å². The molecule has 1 saturated heterocycles. The van der Waals surface area contributed by atoms with Crippen LogP contribution in [0.4, 0.5) is 4.39 Å². The van der Waals surface area contributed by atoms with E-state index in [9.17, 15) is 9.18 Å². The second-order valence-corrected chi connectivity index (χ2v) is 3.34. The third-order valence-electron chi connectivity index (χ3n) is 2.18. The average molecular weight is 210 g/mol. The number of amides is 1. The summed E-state index contributed by atoms with van der Waals surface area (Å²) in [5.41, 5.74) is 0.219. The van der Waals surface area contributed by atoms with Gasteiger partial charge in [0.1, 0.15) is 5.82 Å². The van der Waals surface area contributed by atoms with Gasteiger partial charge in [-0.3, -0.25) is 14.6 Å². The predicted molar refractivity (Wildman–Crippen MR) is 50.4 cm³/mol. The number of carbonyl (C=O) groups excluding carboxylic acids is 1. The Hall–Kier alpha value is -1.49. The fourth-order valence-electron chi connectivity index (χ4n) is 1.43. The molecule has 1 amide bonds. The van der Waals surface area contributed by atoms with Crippen molar-refractivity contribution in [3.63, 3.8) is 0 Å². The van der Waals surface area contributed by atoms with Crippen LogP contribution in [0.3, 0.4) is 0 Å². The molecular formula is C10H11FN2O2. The van der Waals surface area contributed by atoms with E-state index in [1.807, 2.05) is 0 Å². The van der Waals surface area contributed by atoms with Crippen molar-refractivity contribution in [3.05, 3.63) is 29.8 Å². The zero-order chi connectivity index (χ0) is 10.7. The zero-order valence-electron chi connectivity index (χ0n) is 8.15. The molecule has 2 heterocycles. The topological polar surface area (TPSA) is 42.4 Å². The summed E-state index contributed by atoms with van der Waals surface area (Å²) in [6.07, 6.45) is 4.26. The van der Waals surface area contributed by atoms with Crippen molar-refractivity contribution in [1.29, 1.82) is 0 Å². The normalized spacial score (nSPS) is 16.5. The summed E-state index contributed by atoms with van der Waals surface area (Å²) in [6, 6.07) is 1.16. The molecular weight excluding hydrogens is 199 g/mol. The second kappa shape index (κ2) is 4.35. The minimum atomic E-state index is -0.516. The van der Waals surface area contributed by atoms with Gasteiger partial charge >= 0.3 is 0 Å². The minimum Gasteiger partial charge on any atom is -0.271 e. The third-order valence-corrected chi connectivity index (χ3v) is 2.18. The summed E-state index contributed by atoms with van der Waals surface area (Å²) >= 11 is 0. The molecule has 0 radical (unpaired) electrons. The molecule has 0 spiro atoms. The summed E-state index contributed by atoms with van der Waals surface area (Å²) in [7, 11) is 0. The summed E-state index contributed by atoms with van der Waals surface area (Å²) in [5, 5.41) is 1.26.